The number of aliphatic hydroxyl groups is 1. The summed E-state index contributed by atoms with van der Waals surface area (Å²) in [4.78, 5) is 11.9. The molecule has 1 fully saturated rings. The summed E-state index contributed by atoms with van der Waals surface area (Å²) in [6.07, 6.45) is 1.94. The number of amides is 1. The molecular weight excluding hydrogens is 230 g/mol. The van der Waals surface area contributed by atoms with Gasteiger partial charge >= 0.3 is 0 Å². The summed E-state index contributed by atoms with van der Waals surface area (Å²) in [7, 11) is 0. The van der Waals surface area contributed by atoms with Crippen LogP contribution in [0.2, 0.25) is 0 Å². The van der Waals surface area contributed by atoms with Gasteiger partial charge in [0.05, 0.1) is 12.4 Å². The number of nitrogens with one attached hydrogen (secondary N) is 1. The molecule has 1 heterocycles. The van der Waals surface area contributed by atoms with Crippen LogP contribution in [0.5, 0.6) is 0 Å². The van der Waals surface area contributed by atoms with Crippen molar-refractivity contribution in [2.75, 3.05) is 6.54 Å². The molecule has 0 saturated heterocycles. The smallest absolute Gasteiger partial charge is 0.223 e. The van der Waals surface area contributed by atoms with E-state index in [0.29, 0.717) is 6.54 Å². The molecule has 4 nitrogen and oxygen atoms in total. The number of carbonyl (C=O) groups excluding carboxylic acids is 1. The predicted molar refractivity (Wildman–Crippen MR) is 68.0 cm³/mol. The maximum atomic E-state index is 11.9. The van der Waals surface area contributed by atoms with Gasteiger partial charge in [0.2, 0.25) is 5.91 Å². The first-order valence-corrected chi connectivity index (χ1v) is 6.39. The molecule has 100 valence electrons. The van der Waals surface area contributed by atoms with Crippen LogP contribution in [-0.4, -0.2) is 23.7 Å². The summed E-state index contributed by atoms with van der Waals surface area (Å²) in [5.41, 5.74) is -0.211. The van der Waals surface area contributed by atoms with E-state index in [1.165, 1.54) is 0 Å². The van der Waals surface area contributed by atoms with Crippen molar-refractivity contribution in [3.8, 4) is 0 Å². The standard InChI is InChI=1S/C14H21NO3/c1-14(2,3)12(16)8-15-13(17)10-7-9(10)11-5-4-6-18-11/h4-6,9-10,12,16H,7-8H2,1-3H3,(H,15,17). The van der Waals surface area contributed by atoms with E-state index in [1.54, 1.807) is 6.26 Å². The average molecular weight is 251 g/mol. The zero-order valence-corrected chi connectivity index (χ0v) is 11.1. The Morgan fingerprint density at radius 2 is 2.33 bits per heavy atom. The Bertz CT molecular complexity index is 405. The molecule has 2 rings (SSSR count). The predicted octanol–water partition coefficient (Wildman–Crippen LogP) is 1.91. The number of rotatable bonds is 4. The number of furan rings is 1. The van der Waals surface area contributed by atoms with Crippen LogP contribution < -0.4 is 5.32 Å². The SMILES string of the molecule is CC(C)(C)C(O)CNC(=O)C1CC1c1ccco1. The molecule has 1 amide bonds. The van der Waals surface area contributed by atoms with Gasteiger partial charge in [-0.2, -0.15) is 0 Å². The third kappa shape index (κ3) is 2.93. The van der Waals surface area contributed by atoms with Crippen molar-refractivity contribution in [3.05, 3.63) is 24.2 Å². The molecule has 0 aromatic carbocycles. The van der Waals surface area contributed by atoms with E-state index in [2.05, 4.69) is 5.32 Å². The molecule has 1 aromatic heterocycles. The minimum atomic E-state index is -0.526. The Kier molecular flexibility index (Phi) is 3.48. The molecule has 3 unspecified atom stereocenters. The van der Waals surface area contributed by atoms with E-state index in [0.717, 1.165) is 12.2 Å². The quantitative estimate of drug-likeness (QED) is 0.859. The molecule has 0 radical (unpaired) electrons. The summed E-state index contributed by atoms with van der Waals surface area (Å²) >= 11 is 0. The lowest BCUT2D eigenvalue weighted by Gasteiger charge is -2.25. The Morgan fingerprint density at radius 3 is 2.89 bits per heavy atom. The topological polar surface area (TPSA) is 62.5 Å². The zero-order valence-electron chi connectivity index (χ0n) is 11.1. The summed E-state index contributed by atoms with van der Waals surface area (Å²) in [5.74, 6) is 1.11. The van der Waals surface area contributed by atoms with E-state index in [-0.39, 0.29) is 23.2 Å². The van der Waals surface area contributed by atoms with Crippen molar-refractivity contribution in [3.63, 3.8) is 0 Å². The molecule has 0 spiro atoms. The molecule has 1 saturated carbocycles. The largest absolute Gasteiger partial charge is 0.469 e. The first-order chi connectivity index (χ1) is 8.39. The molecule has 0 bridgehead atoms. The van der Waals surface area contributed by atoms with E-state index in [9.17, 15) is 9.90 Å². The van der Waals surface area contributed by atoms with Crippen LogP contribution in [-0.2, 0) is 4.79 Å². The lowest BCUT2D eigenvalue weighted by atomic mass is 9.89. The van der Waals surface area contributed by atoms with Crippen LogP contribution in [0.1, 0.15) is 38.9 Å². The number of hydrogen-bond acceptors (Lipinski definition) is 3. The molecule has 1 aliphatic carbocycles. The molecular formula is C14H21NO3. The van der Waals surface area contributed by atoms with Gasteiger partial charge in [-0.3, -0.25) is 4.79 Å². The van der Waals surface area contributed by atoms with Gasteiger partial charge < -0.3 is 14.8 Å². The number of hydrogen-bond donors (Lipinski definition) is 2. The highest BCUT2D eigenvalue weighted by molar-refractivity contribution is 5.82. The number of carbonyl (C=O) groups is 1. The van der Waals surface area contributed by atoms with Crippen molar-refractivity contribution < 1.29 is 14.3 Å². The van der Waals surface area contributed by atoms with Crippen LogP contribution in [0.25, 0.3) is 0 Å². The van der Waals surface area contributed by atoms with Gasteiger partial charge in [0, 0.05) is 18.4 Å². The highest BCUT2D eigenvalue weighted by atomic mass is 16.3. The lowest BCUT2D eigenvalue weighted by Crippen LogP contribution is -2.39. The minimum absolute atomic E-state index is 0.00307. The van der Waals surface area contributed by atoms with Crippen molar-refractivity contribution in [2.45, 2.75) is 39.2 Å². The fourth-order valence-corrected chi connectivity index (χ4v) is 1.94. The van der Waals surface area contributed by atoms with Crippen LogP contribution in [0.4, 0.5) is 0 Å². The van der Waals surface area contributed by atoms with E-state index >= 15 is 0 Å². The second-order valence-electron chi connectivity index (χ2n) is 6.09. The summed E-state index contributed by atoms with van der Waals surface area (Å²) in [6, 6.07) is 3.74. The zero-order chi connectivity index (χ0) is 13.3. The molecule has 2 N–H and O–H groups in total. The summed E-state index contributed by atoms with van der Waals surface area (Å²) in [6.45, 7) is 6.16. The molecule has 4 heteroatoms. The van der Waals surface area contributed by atoms with Gasteiger partial charge in [0.25, 0.3) is 0 Å². The molecule has 18 heavy (non-hydrogen) atoms. The van der Waals surface area contributed by atoms with Crippen LogP contribution in [0.3, 0.4) is 0 Å². The van der Waals surface area contributed by atoms with Gasteiger partial charge in [0.1, 0.15) is 5.76 Å². The first kappa shape index (κ1) is 13.1. The van der Waals surface area contributed by atoms with Gasteiger partial charge in [0.15, 0.2) is 0 Å². The molecule has 3 atom stereocenters. The highest BCUT2D eigenvalue weighted by Crippen LogP contribution is 2.47. The van der Waals surface area contributed by atoms with Crippen molar-refractivity contribution in [2.24, 2.45) is 11.3 Å². The minimum Gasteiger partial charge on any atom is -0.469 e. The fraction of sp³-hybridized carbons (Fsp3) is 0.643. The number of aliphatic hydroxyl groups excluding tert-OH is 1. The normalized spacial score (nSPS) is 24.7. The maximum Gasteiger partial charge on any atom is 0.223 e. The second-order valence-corrected chi connectivity index (χ2v) is 6.09. The van der Waals surface area contributed by atoms with Gasteiger partial charge in [-0.05, 0) is 24.0 Å². The van der Waals surface area contributed by atoms with Crippen molar-refractivity contribution in [1.29, 1.82) is 0 Å². The summed E-state index contributed by atoms with van der Waals surface area (Å²) < 4.78 is 5.29. The van der Waals surface area contributed by atoms with Gasteiger partial charge in [-0.25, -0.2) is 0 Å². The van der Waals surface area contributed by atoms with Crippen LogP contribution >= 0.6 is 0 Å². The third-order valence-corrected chi connectivity index (χ3v) is 3.51. The third-order valence-electron chi connectivity index (χ3n) is 3.51. The van der Waals surface area contributed by atoms with Gasteiger partial charge in [-0.1, -0.05) is 20.8 Å². The molecule has 1 aliphatic rings. The Hall–Kier alpha value is -1.29. The Labute approximate surface area is 107 Å². The molecule has 1 aromatic rings. The van der Waals surface area contributed by atoms with Crippen molar-refractivity contribution in [1.82, 2.24) is 5.32 Å². The summed E-state index contributed by atoms with van der Waals surface area (Å²) in [5, 5.41) is 12.7. The second kappa shape index (κ2) is 4.76. The van der Waals surface area contributed by atoms with Crippen LogP contribution in [0, 0.1) is 11.3 Å². The monoisotopic (exact) mass is 251 g/mol. The van der Waals surface area contributed by atoms with Crippen molar-refractivity contribution >= 4 is 5.91 Å². The van der Waals surface area contributed by atoms with E-state index in [1.807, 2.05) is 32.9 Å². The van der Waals surface area contributed by atoms with Gasteiger partial charge in [-0.15, -0.1) is 0 Å². The average Bonchev–Trinajstić information content (AvgIpc) is 2.91. The highest BCUT2D eigenvalue weighted by Gasteiger charge is 2.45. The molecule has 0 aliphatic heterocycles. The lowest BCUT2D eigenvalue weighted by molar-refractivity contribution is -0.123. The fourth-order valence-electron chi connectivity index (χ4n) is 1.94. The maximum absolute atomic E-state index is 11.9. The Balaban J connectivity index is 1.78. The Morgan fingerprint density at radius 1 is 1.61 bits per heavy atom. The first-order valence-electron chi connectivity index (χ1n) is 6.39. The van der Waals surface area contributed by atoms with E-state index in [4.69, 9.17) is 4.42 Å². The van der Waals surface area contributed by atoms with Crippen LogP contribution in [0.15, 0.2) is 22.8 Å². The van der Waals surface area contributed by atoms with E-state index < -0.39 is 6.10 Å².